The molecule has 3 N–H and O–H groups in total. The van der Waals surface area contributed by atoms with Crippen molar-refractivity contribution in [2.24, 2.45) is 0 Å². The minimum Gasteiger partial charge on any atom is -0.394 e. The molecule has 0 heterocycles. The Morgan fingerprint density at radius 2 is 0.543 bits per heavy atom. The third-order valence-corrected chi connectivity index (χ3v) is 16.9. The molecule has 0 aliphatic heterocycles. The van der Waals surface area contributed by atoms with Crippen LogP contribution in [0.5, 0.6) is 0 Å². The molecule has 0 aromatic rings. The van der Waals surface area contributed by atoms with Gasteiger partial charge in [-0.05, 0) is 64.2 Å². The van der Waals surface area contributed by atoms with E-state index in [0.29, 0.717) is 6.42 Å². The van der Waals surface area contributed by atoms with Crippen LogP contribution in [-0.2, 0) is 4.79 Å². The van der Waals surface area contributed by atoms with E-state index in [2.05, 4.69) is 79.9 Å². The number of unbranched alkanes of at least 4 members (excludes halogenated alkanes) is 51. The molecule has 4 heteroatoms. The molecule has 0 fully saturated rings. The standard InChI is InChI=1S/C77H143NO3/c1-3-5-7-9-11-13-15-17-19-21-23-25-27-29-31-33-35-36-37-38-39-40-41-42-43-45-47-49-51-53-55-57-59-61-63-65-67-69-71-73-77(81)78-75(74-79)76(80)72-70-68-66-64-62-60-58-56-54-52-50-48-46-44-34-32-30-28-26-24-22-20-18-16-14-12-10-8-6-4-2/h5,7,11,13,17,19,23,25,29,31,70,72,75-76,79-80H,3-4,6,8-10,12,14-16,18,20-22,24,26-28,30,32-69,71,73-74H2,1-2H3,(H,78,81)/b7-5-,13-11-,19-17-,25-23-,31-29-,72-70+. The van der Waals surface area contributed by atoms with E-state index in [0.717, 1.165) is 57.8 Å². The van der Waals surface area contributed by atoms with Crippen LogP contribution in [0.3, 0.4) is 0 Å². The van der Waals surface area contributed by atoms with Crippen LogP contribution in [0.4, 0.5) is 0 Å². The lowest BCUT2D eigenvalue weighted by Crippen LogP contribution is -2.45. The van der Waals surface area contributed by atoms with E-state index in [1.807, 2.05) is 6.08 Å². The van der Waals surface area contributed by atoms with Crippen molar-refractivity contribution in [1.82, 2.24) is 5.32 Å². The zero-order valence-corrected chi connectivity index (χ0v) is 54.8. The Labute approximate surface area is 508 Å². The van der Waals surface area contributed by atoms with Gasteiger partial charge in [-0.2, -0.15) is 0 Å². The van der Waals surface area contributed by atoms with Crippen molar-refractivity contribution in [2.75, 3.05) is 6.61 Å². The summed E-state index contributed by atoms with van der Waals surface area (Å²) in [5, 5.41) is 23.3. The predicted octanol–water partition coefficient (Wildman–Crippen LogP) is 25.2. The highest BCUT2D eigenvalue weighted by Crippen LogP contribution is 2.19. The first-order valence-electron chi connectivity index (χ1n) is 36.7. The fourth-order valence-corrected chi connectivity index (χ4v) is 11.4. The monoisotopic (exact) mass is 1130 g/mol. The molecule has 0 bridgehead atoms. The van der Waals surface area contributed by atoms with Crippen LogP contribution in [-0.4, -0.2) is 34.9 Å². The van der Waals surface area contributed by atoms with Crippen LogP contribution in [0.25, 0.3) is 0 Å². The van der Waals surface area contributed by atoms with E-state index in [-0.39, 0.29) is 12.5 Å². The van der Waals surface area contributed by atoms with Gasteiger partial charge in [-0.25, -0.2) is 0 Å². The second kappa shape index (κ2) is 72.1. The molecule has 2 atom stereocenters. The maximum atomic E-state index is 12.6. The van der Waals surface area contributed by atoms with Crippen LogP contribution in [0.2, 0.25) is 0 Å². The van der Waals surface area contributed by atoms with E-state index < -0.39 is 12.1 Å². The van der Waals surface area contributed by atoms with Gasteiger partial charge in [-0.3, -0.25) is 4.79 Å². The number of aliphatic hydroxyl groups is 2. The first-order chi connectivity index (χ1) is 40.2. The number of aliphatic hydroxyl groups excluding tert-OH is 2. The Morgan fingerprint density at radius 3 is 0.815 bits per heavy atom. The van der Waals surface area contributed by atoms with Gasteiger partial charge in [0.1, 0.15) is 0 Å². The minimum absolute atomic E-state index is 0.0567. The lowest BCUT2D eigenvalue weighted by Gasteiger charge is -2.20. The lowest BCUT2D eigenvalue weighted by molar-refractivity contribution is -0.123. The van der Waals surface area contributed by atoms with Gasteiger partial charge in [-0.15, -0.1) is 0 Å². The summed E-state index contributed by atoms with van der Waals surface area (Å²) >= 11 is 0. The summed E-state index contributed by atoms with van der Waals surface area (Å²) in [6, 6.07) is -0.624. The smallest absolute Gasteiger partial charge is 0.220 e. The van der Waals surface area contributed by atoms with Crippen molar-refractivity contribution in [3.05, 3.63) is 72.9 Å². The molecule has 0 aliphatic rings. The van der Waals surface area contributed by atoms with Crippen LogP contribution in [0.15, 0.2) is 72.9 Å². The molecule has 0 radical (unpaired) electrons. The van der Waals surface area contributed by atoms with Gasteiger partial charge in [0, 0.05) is 6.42 Å². The SMILES string of the molecule is CC/C=C\C/C=C\C/C=C\C/C=C\C/C=C\CCCCCCCCCCCCCCCCCCCCCCCCCC(=O)NC(CO)C(O)/C=C/CCCCCCCCCCCCCCCCCCCCCCCCCCCCCC. The van der Waals surface area contributed by atoms with Crippen molar-refractivity contribution < 1.29 is 15.0 Å². The van der Waals surface area contributed by atoms with Crippen molar-refractivity contribution >= 4 is 5.91 Å². The highest BCUT2D eigenvalue weighted by molar-refractivity contribution is 5.76. The largest absolute Gasteiger partial charge is 0.394 e. The molecule has 0 saturated heterocycles. The molecule has 0 rings (SSSR count). The maximum Gasteiger partial charge on any atom is 0.220 e. The van der Waals surface area contributed by atoms with Crippen molar-refractivity contribution in [3.8, 4) is 0 Å². The van der Waals surface area contributed by atoms with E-state index in [4.69, 9.17) is 0 Å². The molecular weight excluding hydrogens is 987 g/mol. The Kier molecular flexibility index (Phi) is 70.2. The first kappa shape index (κ1) is 78.8. The molecule has 2 unspecified atom stereocenters. The summed E-state index contributed by atoms with van der Waals surface area (Å²) in [6.07, 6.45) is 104. The fraction of sp³-hybridized carbons (Fsp3) is 0.831. The summed E-state index contributed by atoms with van der Waals surface area (Å²) in [6.45, 7) is 4.24. The lowest BCUT2D eigenvalue weighted by atomic mass is 10.0. The predicted molar refractivity (Wildman–Crippen MR) is 364 cm³/mol. The number of carbonyl (C=O) groups is 1. The number of carbonyl (C=O) groups excluding carboxylic acids is 1. The molecule has 0 aromatic heterocycles. The topological polar surface area (TPSA) is 69.6 Å². The van der Waals surface area contributed by atoms with Crippen molar-refractivity contribution in [1.29, 1.82) is 0 Å². The van der Waals surface area contributed by atoms with Crippen molar-refractivity contribution in [3.63, 3.8) is 0 Å². The third-order valence-electron chi connectivity index (χ3n) is 16.9. The summed E-state index contributed by atoms with van der Waals surface area (Å²) in [5.41, 5.74) is 0. The van der Waals surface area contributed by atoms with Crippen LogP contribution in [0.1, 0.15) is 393 Å². The zero-order chi connectivity index (χ0) is 58.4. The quantitative estimate of drug-likeness (QED) is 0.0420. The maximum absolute atomic E-state index is 12.6. The van der Waals surface area contributed by atoms with Crippen LogP contribution in [0, 0.1) is 0 Å². The van der Waals surface area contributed by atoms with Crippen molar-refractivity contribution in [2.45, 2.75) is 405 Å². The summed E-state index contributed by atoms with van der Waals surface area (Å²) in [4.78, 5) is 12.6. The molecule has 81 heavy (non-hydrogen) atoms. The van der Waals surface area contributed by atoms with Gasteiger partial charge >= 0.3 is 0 Å². The zero-order valence-electron chi connectivity index (χ0n) is 54.8. The summed E-state index contributed by atoms with van der Waals surface area (Å²) in [5.74, 6) is -0.0567. The van der Waals surface area contributed by atoms with Crippen LogP contribution >= 0.6 is 0 Å². The fourth-order valence-electron chi connectivity index (χ4n) is 11.4. The Balaban J connectivity index is 3.42. The average Bonchev–Trinajstić information content (AvgIpc) is 3.47. The van der Waals surface area contributed by atoms with Crippen LogP contribution < -0.4 is 5.32 Å². The van der Waals surface area contributed by atoms with Gasteiger partial charge in [0.25, 0.3) is 0 Å². The molecule has 474 valence electrons. The normalized spacial score (nSPS) is 13.1. The minimum atomic E-state index is -0.842. The molecule has 4 nitrogen and oxygen atoms in total. The number of hydrogen-bond donors (Lipinski definition) is 3. The van der Waals surface area contributed by atoms with E-state index in [9.17, 15) is 15.0 Å². The van der Waals surface area contributed by atoms with Gasteiger partial charge in [-0.1, -0.05) is 395 Å². The van der Waals surface area contributed by atoms with E-state index in [1.54, 1.807) is 6.08 Å². The second-order valence-corrected chi connectivity index (χ2v) is 25.0. The number of hydrogen-bond acceptors (Lipinski definition) is 3. The molecule has 0 saturated carbocycles. The molecule has 0 aromatic carbocycles. The van der Waals surface area contributed by atoms with Gasteiger partial charge in [0.05, 0.1) is 18.8 Å². The third kappa shape index (κ3) is 68.5. The average molecular weight is 1130 g/mol. The summed E-state index contributed by atoms with van der Waals surface area (Å²) in [7, 11) is 0. The van der Waals surface area contributed by atoms with Gasteiger partial charge in [0.2, 0.25) is 5.91 Å². The van der Waals surface area contributed by atoms with E-state index >= 15 is 0 Å². The van der Waals surface area contributed by atoms with Gasteiger partial charge in [0.15, 0.2) is 0 Å². The molecule has 0 aliphatic carbocycles. The number of nitrogens with one attached hydrogen (secondary N) is 1. The molecular formula is C77H143NO3. The first-order valence-corrected chi connectivity index (χ1v) is 36.7. The number of amides is 1. The van der Waals surface area contributed by atoms with Gasteiger partial charge < -0.3 is 15.5 Å². The Morgan fingerprint density at radius 1 is 0.309 bits per heavy atom. The Bertz CT molecular complexity index is 1380. The van der Waals surface area contributed by atoms with E-state index in [1.165, 1.54) is 315 Å². The number of allylic oxidation sites excluding steroid dienone is 11. The summed E-state index contributed by atoms with van der Waals surface area (Å²) < 4.78 is 0. The molecule has 0 spiro atoms. The highest BCUT2D eigenvalue weighted by atomic mass is 16.3. The highest BCUT2D eigenvalue weighted by Gasteiger charge is 2.18. The Hall–Kier alpha value is -2.17. The molecule has 1 amide bonds. The second-order valence-electron chi connectivity index (χ2n) is 25.0. The number of rotatable bonds is 68.